The van der Waals surface area contributed by atoms with E-state index in [4.69, 9.17) is 15.2 Å². The number of rotatable bonds is 2. The van der Waals surface area contributed by atoms with Crippen molar-refractivity contribution < 1.29 is 9.47 Å². The van der Waals surface area contributed by atoms with Crippen molar-refractivity contribution in [2.24, 2.45) is 5.73 Å². The summed E-state index contributed by atoms with van der Waals surface area (Å²) in [5.74, 6) is 1.60. The van der Waals surface area contributed by atoms with Gasteiger partial charge in [0, 0.05) is 12.1 Å². The lowest BCUT2D eigenvalue weighted by molar-refractivity contribution is 0.0141. The van der Waals surface area contributed by atoms with Crippen LogP contribution in [0.4, 0.5) is 0 Å². The highest BCUT2D eigenvalue weighted by Crippen LogP contribution is 2.43. The lowest BCUT2D eigenvalue weighted by atomic mass is 10.0. The smallest absolute Gasteiger partial charge is 0.170 e. The Bertz CT molecular complexity index is 553. The largest absolute Gasteiger partial charge is 0.485 e. The van der Waals surface area contributed by atoms with Crippen molar-refractivity contribution in [2.75, 3.05) is 13.2 Å². The molecule has 3 rings (SSSR count). The van der Waals surface area contributed by atoms with Crippen molar-refractivity contribution in [1.29, 1.82) is 0 Å². The van der Waals surface area contributed by atoms with E-state index in [1.165, 1.54) is 0 Å². The lowest BCUT2D eigenvalue weighted by Crippen LogP contribution is -2.48. The van der Waals surface area contributed by atoms with Crippen LogP contribution >= 0.6 is 11.3 Å². The van der Waals surface area contributed by atoms with Gasteiger partial charge in [0.25, 0.3) is 0 Å². The number of hydrogen-bond donors (Lipinski definition) is 1. The molecule has 0 bridgehead atoms. The minimum atomic E-state index is -0.445. The van der Waals surface area contributed by atoms with Gasteiger partial charge in [-0.05, 0) is 35.4 Å². The Labute approximate surface area is 110 Å². The van der Waals surface area contributed by atoms with Crippen molar-refractivity contribution in [3.63, 3.8) is 0 Å². The topological polar surface area (TPSA) is 44.5 Å². The second-order valence-electron chi connectivity index (χ2n) is 4.69. The summed E-state index contributed by atoms with van der Waals surface area (Å²) in [6, 6.07) is 8.05. The first kappa shape index (κ1) is 11.6. The average molecular weight is 261 g/mol. The third-order valence-electron chi connectivity index (χ3n) is 3.12. The van der Waals surface area contributed by atoms with E-state index in [2.05, 4.69) is 16.8 Å². The van der Waals surface area contributed by atoms with Crippen LogP contribution in [0.3, 0.4) is 0 Å². The van der Waals surface area contributed by atoms with Crippen LogP contribution in [-0.4, -0.2) is 18.8 Å². The first-order valence-corrected chi connectivity index (χ1v) is 6.84. The molecule has 1 aromatic heterocycles. The molecule has 0 saturated carbocycles. The Balaban J connectivity index is 2.09. The molecule has 94 valence electrons. The molecule has 2 heterocycles. The van der Waals surface area contributed by atoms with Crippen LogP contribution < -0.4 is 15.2 Å². The summed E-state index contributed by atoms with van der Waals surface area (Å²) in [7, 11) is 0. The third-order valence-corrected chi connectivity index (χ3v) is 3.81. The van der Waals surface area contributed by atoms with E-state index in [0.29, 0.717) is 13.2 Å². The summed E-state index contributed by atoms with van der Waals surface area (Å²) in [5, 5.41) is 4.16. The van der Waals surface area contributed by atoms with Crippen LogP contribution in [0.1, 0.15) is 6.92 Å². The van der Waals surface area contributed by atoms with Gasteiger partial charge in [0.2, 0.25) is 0 Å². The molecule has 18 heavy (non-hydrogen) atoms. The first-order chi connectivity index (χ1) is 8.72. The fraction of sp³-hybridized carbons (Fsp3) is 0.286. The highest BCUT2D eigenvalue weighted by Gasteiger charge is 2.33. The van der Waals surface area contributed by atoms with Crippen LogP contribution in [0.25, 0.3) is 11.1 Å². The van der Waals surface area contributed by atoms with Gasteiger partial charge in [-0.15, -0.1) is 0 Å². The summed E-state index contributed by atoms with van der Waals surface area (Å²) >= 11 is 1.67. The zero-order chi connectivity index (χ0) is 12.6. The highest BCUT2D eigenvalue weighted by molar-refractivity contribution is 7.08. The average Bonchev–Trinajstić information content (AvgIpc) is 2.92. The maximum Gasteiger partial charge on any atom is 0.170 e. The number of fused-ring (bicyclic) bond motifs is 1. The molecule has 2 N–H and O–H groups in total. The lowest BCUT2D eigenvalue weighted by Gasteiger charge is -2.35. The summed E-state index contributed by atoms with van der Waals surface area (Å²) in [6.07, 6.45) is 0. The van der Waals surface area contributed by atoms with Crippen LogP contribution in [0.2, 0.25) is 0 Å². The Morgan fingerprint density at radius 1 is 1.39 bits per heavy atom. The molecule has 0 fully saturated rings. The van der Waals surface area contributed by atoms with Crippen LogP contribution in [0, 0.1) is 0 Å². The minimum absolute atomic E-state index is 0.435. The zero-order valence-corrected chi connectivity index (χ0v) is 11.0. The van der Waals surface area contributed by atoms with Crippen LogP contribution in [0.5, 0.6) is 11.5 Å². The molecule has 1 aromatic carbocycles. The molecule has 0 spiro atoms. The number of thiophene rings is 1. The number of nitrogens with two attached hydrogens (primary N) is 1. The van der Waals surface area contributed by atoms with Gasteiger partial charge >= 0.3 is 0 Å². The standard InChI is InChI=1S/C14H15NO2S/c1-14(8-15)9-16-12-4-2-3-11(13(12)17-14)10-5-6-18-7-10/h2-7H,8-9,15H2,1H3. The molecule has 2 aromatic rings. The molecule has 3 nitrogen and oxygen atoms in total. The van der Waals surface area contributed by atoms with Gasteiger partial charge < -0.3 is 15.2 Å². The first-order valence-electron chi connectivity index (χ1n) is 5.89. The van der Waals surface area contributed by atoms with Gasteiger partial charge in [-0.25, -0.2) is 0 Å². The second kappa shape index (κ2) is 4.30. The van der Waals surface area contributed by atoms with Gasteiger partial charge in [-0.3, -0.25) is 0 Å². The predicted octanol–water partition coefficient (Wildman–Crippen LogP) is 2.90. The van der Waals surface area contributed by atoms with Crippen molar-refractivity contribution in [2.45, 2.75) is 12.5 Å². The van der Waals surface area contributed by atoms with Gasteiger partial charge in [-0.1, -0.05) is 12.1 Å². The second-order valence-corrected chi connectivity index (χ2v) is 5.47. The van der Waals surface area contributed by atoms with E-state index in [0.717, 1.165) is 22.6 Å². The maximum absolute atomic E-state index is 6.08. The van der Waals surface area contributed by atoms with Gasteiger partial charge in [-0.2, -0.15) is 11.3 Å². The SMILES string of the molecule is CC1(CN)COc2cccc(-c3ccsc3)c2O1. The van der Waals surface area contributed by atoms with Crippen molar-refractivity contribution in [1.82, 2.24) is 0 Å². The molecule has 1 aliphatic rings. The van der Waals surface area contributed by atoms with Gasteiger partial charge in [0.05, 0.1) is 0 Å². The van der Waals surface area contributed by atoms with E-state index in [1.54, 1.807) is 11.3 Å². The summed E-state index contributed by atoms with van der Waals surface area (Å²) < 4.78 is 11.8. The third kappa shape index (κ3) is 1.87. The fourth-order valence-corrected chi connectivity index (χ4v) is 2.64. The van der Waals surface area contributed by atoms with Crippen molar-refractivity contribution >= 4 is 11.3 Å². The van der Waals surface area contributed by atoms with Crippen molar-refractivity contribution in [3.8, 4) is 22.6 Å². The molecule has 0 aliphatic carbocycles. The maximum atomic E-state index is 6.08. The van der Waals surface area contributed by atoms with E-state index in [-0.39, 0.29) is 0 Å². The molecule has 1 atom stereocenters. The Kier molecular flexibility index (Phi) is 2.76. The fourth-order valence-electron chi connectivity index (χ4n) is 1.99. The molecule has 1 aliphatic heterocycles. The Morgan fingerprint density at radius 3 is 3.00 bits per heavy atom. The molecule has 0 amide bonds. The highest BCUT2D eigenvalue weighted by atomic mass is 32.1. The van der Waals surface area contributed by atoms with Gasteiger partial charge in [0.1, 0.15) is 6.61 Å². The molecular weight excluding hydrogens is 246 g/mol. The predicted molar refractivity (Wildman–Crippen MR) is 73.3 cm³/mol. The van der Waals surface area contributed by atoms with Crippen LogP contribution in [-0.2, 0) is 0 Å². The molecule has 0 saturated heterocycles. The number of para-hydroxylation sites is 1. The number of benzene rings is 1. The van der Waals surface area contributed by atoms with Crippen molar-refractivity contribution in [3.05, 3.63) is 35.0 Å². The normalized spacial score (nSPS) is 21.9. The van der Waals surface area contributed by atoms with E-state index >= 15 is 0 Å². The minimum Gasteiger partial charge on any atom is -0.485 e. The number of ether oxygens (including phenoxy) is 2. The monoisotopic (exact) mass is 261 g/mol. The zero-order valence-electron chi connectivity index (χ0n) is 10.2. The Morgan fingerprint density at radius 2 is 2.28 bits per heavy atom. The van der Waals surface area contributed by atoms with Gasteiger partial charge in [0.15, 0.2) is 17.1 Å². The van der Waals surface area contributed by atoms with Crippen LogP contribution in [0.15, 0.2) is 35.0 Å². The summed E-state index contributed by atoms with van der Waals surface area (Å²) in [5.41, 5.74) is 7.53. The quantitative estimate of drug-likeness (QED) is 0.904. The molecule has 1 unspecified atom stereocenters. The molecular formula is C14H15NO2S. The van der Waals surface area contributed by atoms with E-state index in [1.807, 2.05) is 25.1 Å². The summed E-state index contributed by atoms with van der Waals surface area (Å²) in [6.45, 7) is 2.90. The van der Waals surface area contributed by atoms with E-state index < -0.39 is 5.60 Å². The number of hydrogen-bond acceptors (Lipinski definition) is 4. The molecule has 4 heteroatoms. The van der Waals surface area contributed by atoms with E-state index in [9.17, 15) is 0 Å². The Hall–Kier alpha value is -1.52. The molecule has 0 radical (unpaired) electrons. The summed E-state index contributed by atoms with van der Waals surface area (Å²) in [4.78, 5) is 0.